The number of benzene rings is 2. The van der Waals surface area contributed by atoms with Crippen molar-refractivity contribution in [3.63, 3.8) is 0 Å². The molecule has 7 heteroatoms. The van der Waals surface area contributed by atoms with E-state index in [0.29, 0.717) is 5.69 Å². The number of aryl methyl sites for hydroxylation is 1. The molecule has 4 nitrogen and oxygen atoms in total. The summed E-state index contributed by atoms with van der Waals surface area (Å²) >= 11 is 0. The van der Waals surface area contributed by atoms with E-state index in [9.17, 15) is 13.2 Å². The number of hydrogen-bond donors (Lipinski definition) is 1. The molecule has 0 spiro atoms. The third kappa shape index (κ3) is 4.36. The van der Waals surface area contributed by atoms with Gasteiger partial charge in [-0.25, -0.2) is 4.98 Å². The van der Waals surface area contributed by atoms with Crippen LogP contribution in [0.15, 0.2) is 60.8 Å². The molecule has 0 unspecified atom stereocenters. The van der Waals surface area contributed by atoms with Crippen LogP contribution in [0, 0.1) is 0 Å². The molecule has 0 aliphatic rings. The summed E-state index contributed by atoms with van der Waals surface area (Å²) in [5.74, 6) is -0.110. The lowest BCUT2D eigenvalue weighted by atomic mass is 10.1. The summed E-state index contributed by atoms with van der Waals surface area (Å²) in [7, 11) is 1.72. The first kappa shape index (κ1) is 18.7. The van der Waals surface area contributed by atoms with Gasteiger partial charge in [0.05, 0.1) is 0 Å². The maximum atomic E-state index is 13.4. The first-order chi connectivity index (χ1) is 12.9. The van der Waals surface area contributed by atoms with Crippen LogP contribution in [-0.2, 0) is 12.6 Å². The predicted molar refractivity (Wildman–Crippen MR) is 101 cm³/mol. The van der Waals surface area contributed by atoms with Crippen LogP contribution in [0.25, 0.3) is 0 Å². The molecule has 140 valence electrons. The molecule has 0 atom stereocenters. The van der Waals surface area contributed by atoms with E-state index in [2.05, 4.69) is 22.2 Å². The minimum absolute atomic E-state index is 0.172. The van der Waals surface area contributed by atoms with Gasteiger partial charge in [0.25, 0.3) is 0 Å². The lowest BCUT2D eigenvalue weighted by Crippen LogP contribution is -2.17. The Morgan fingerprint density at radius 3 is 2.26 bits per heavy atom. The third-order valence-electron chi connectivity index (χ3n) is 4.15. The van der Waals surface area contributed by atoms with Crippen molar-refractivity contribution in [1.29, 1.82) is 0 Å². The average Bonchev–Trinajstić information content (AvgIpc) is 2.67. The molecule has 0 saturated carbocycles. The summed E-state index contributed by atoms with van der Waals surface area (Å²) in [6, 6.07) is 16.3. The summed E-state index contributed by atoms with van der Waals surface area (Å²) < 4.78 is 40.1. The first-order valence-corrected chi connectivity index (χ1v) is 8.47. The van der Waals surface area contributed by atoms with Crippen LogP contribution in [0.4, 0.5) is 36.3 Å². The zero-order valence-electron chi connectivity index (χ0n) is 15.0. The number of alkyl halides is 3. The van der Waals surface area contributed by atoms with Gasteiger partial charge in [-0.2, -0.15) is 18.2 Å². The lowest BCUT2D eigenvalue weighted by Gasteiger charge is -2.20. The van der Waals surface area contributed by atoms with Crippen LogP contribution in [0.2, 0.25) is 0 Å². The molecule has 1 aromatic heterocycles. The first-order valence-electron chi connectivity index (χ1n) is 8.47. The van der Waals surface area contributed by atoms with Gasteiger partial charge in [-0.3, -0.25) is 0 Å². The fourth-order valence-electron chi connectivity index (χ4n) is 2.57. The number of nitrogens with one attached hydrogen (secondary N) is 1. The second kappa shape index (κ2) is 7.65. The highest BCUT2D eigenvalue weighted by molar-refractivity contribution is 5.63. The normalized spacial score (nSPS) is 11.3. The van der Waals surface area contributed by atoms with Crippen molar-refractivity contribution in [2.24, 2.45) is 0 Å². The Balaban J connectivity index is 1.97. The molecule has 3 aromatic rings. The van der Waals surface area contributed by atoms with Gasteiger partial charge in [0.2, 0.25) is 5.95 Å². The highest BCUT2D eigenvalue weighted by Gasteiger charge is 2.35. The SMILES string of the molecule is CCc1ccc(N(C)c2ncc(C(F)(F)F)c(Nc3ccccc3)n2)cc1. The molecular formula is C20H19F3N4. The summed E-state index contributed by atoms with van der Waals surface area (Å²) in [4.78, 5) is 9.71. The number of hydrogen-bond acceptors (Lipinski definition) is 4. The fourth-order valence-corrected chi connectivity index (χ4v) is 2.57. The van der Waals surface area contributed by atoms with Gasteiger partial charge in [-0.15, -0.1) is 0 Å². The van der Waals surface area contributed by atoms with Gasteiger partial charge >= 0.3 is 6.18 Å². The average molecular weight is 372 g/mol. The van der Waals surface area contributed by atoms with E-state index in [4.69, 9.17) is 0 Å². The Kier molecular flexibility index (Phi) is 5.30. The van der Waals surface area contributed by atoms with Gasteiger partial charge < -0.3 is 10.2 Å². The quantitative estimate of drug-likeness (QED) is 0.636. The minimum atomic E-state index is -4.56. The third-order valence-corrected chi connectivity index (χ3v) is 4.15. The number of aromatic nitrogens is 2. The second-order valence-electron chi connectivity index (χ2n) is 6.00. The minimum Gasteiger partial charge on any atom is -0.340 e. The van der Waals surface area contributed by atoms with Gasteiger partial charge in [0.1, 0.15) is 11.4 Å². The molecule has 1 N–H and O–H groups in total. The number of anilines is 4. The van der Waals surface area contributed by atoms with E-state index in [1.54, 1.807) is 42.3 Å². The van der Waals surface area contributed by atoms with E-state index < -0.39 is 11.7 Å². The van der Waals surface area contributed by atoms with E-state index in [0.717, 1.165) is 18.3 Å². The molecule has 3 rings (SSSR count). The maximum absolute atomic E-state index is 13.4. The Labute approximate surface area is 155 Å². The van der Waals surface area contributed by atoms with E-state index in [1.807, 2.05) is 24.3 Å². The Morgan fingerprint density at radius 1 is 1.00 bits per heavy atom. The number of para-hydroxylation sites is 1. The van der Waals surface area contributed by atoms with Crippen molar-refractivity contribution >= 4 is 23.1 Å². The zero-order valence-corrected chi connectivity index (χ0v) is 15.0. The highest BCUT2D eigenvalue weighted by atomic mass is 19.4. The van der Waals surface area contributed by atoms with Crippen LogP contribution in [0.5, 0.6) is 0 Å². The molecule has 0 aliphatic carbocycles. The van der Waals surface area contributed by atoms with Crippen molar-refractivity contribution in [3.8, 4) is 0 Å². The van der Waals surface area contributed by atoms with Gasteiger partial charge in [-0.1, -0.05) is 37.3 Å². The van der Waals surface area contributed by atoms with Crippen LogP contribution in [-0.4, -0.2) is 17.0 Å². The van der Waals surface area contributed by atoms with Gasteiger partial charge in [0, 0.05) is 24.6 Å². The largest absolute Gasteiger partial charge is 0.421 e. The number of rotatable bonds is 5. The van der Waals surface area contributed by atoms with Crippen LogP contribution >= 0.6 is 0 Å². The van der Waals surface area contributed by atoms with Crippen molar-refractivity contribution in [2.75, 3.05) is 17.3 Å². The predicted octanol–water partition coefficient (Wildman–Crippen LogP) is 5.57. The lowest BCUT2D eigenvalue weighted by molar-refractivity contribution is -0.137. The van der Waals surface area contributed by atoms with Crippen molar-refractivity contribution in [1.82, 2.24) is 9.97 Å². The molecule has 0 aliphatic heterocycles. The maximum Gasteiger partial charge on any atom is 0.421 e. The monoisotopic (exact) mass is 372 g/mol. The summed E-state index contributed by atoms with van der Waals surface area (Å²) in [5.41, 5.74) is 1.57. The molecule has 0 amide bonds. The van der Waals surface area contributed by atoms with Crippen molar-refractivity contribution in [2.45, 2.75) is 19.5 Å². The number of nitrogens with zero attached hydrogens (tertiary/aromatic N) is 3. The van der Waals surface area contributed by atoms with Crippen LogP contribution in [0.1, 0.15) is 18.1 Å². The molecule has 0 bridgehead atoms. The smallest absolute Gasteiger partial charge is 0.340 e. The molecule has 2 aromatic carbocycles. The Hall–Kier alpha value is -3.09. The second-order valence-corrected chi connectivity index (χ2v) is 6.00. The van der Waals surface area contributed by atoms with Gasteiger partial charge in [-0.05, 0) is 36.2 Å². The molecule has 27 heavy (non-hydrogen) atoms. The van der Waals surface area contributed by atoms with E-state index in [1.165, 1.54) is 5.56 Å². The summed E-state index contributed by atoms with van der Waals surface area (Å²) in [5, 5.41) is 2.75. The highest BCUT2D eigenvalue weighted by Crippen LogP contribution is 2.36. The van der Waals surface area contributed by atoms with Gasteiger partial charge in [0.15, 0.2) is 0 Å². The van der Waals surface area contributed by atoms with Crippen LogP contribution in [0.3, 0.4) is 0 Å². The molecular weight excluding hydrogens is 353 g/mol. The summed E-state index contributed by atoms with van der Waals surface area (Å²) in [6.07, 6.45) is -2.84. The topological polar surface area (TPSA) is 41.1 Å². The van der Waals surface area contributed by atoms with Crippen LogP contribution < -0.4 is 10.2 Å². The van der Waals surface area contributed by atoms with E-state index in [-0.39, 0.29) is 11.8 Å². The Bertz CT molecular complexity index is 893. The van der Waals surface area contributed by atoms with Crippen molar-refractivity contribution < 1.29 is 13.2 Å². The number of halogens is 3. The molecule has 0 radical (unpaired) electrons. The zero-order chi connectivity index (χ0) is 19.4. The molecule has 0 fully saturated rings. The fraction of sp³-hybridized carbons (Fsp3) is 0.200. The van der Waals surface area contributed by atoms with Crippen molar-refractivity contribution in [3.05, 3.63) is 71.9 Å². The summed E-state index contributed by atoms with van der Waals surface area (Å²) in [6.45, 7) is 2.05. The molecule has 1 heterocycles. The standard InChI is InChI=1S/C20H19F3N4/c1-3-14-9-11-16(12-10-14)27(2)19-24-13-17(20(21,22)23)18(26-19)25-15-7-5-4-6-8-15/h4-13H,3H2,1-2H3,(H,24,25,26). The molecule has 0 saturated heterocycles. The van der Waals surface area contributed by atoms with E-state index >= 15 is 0 Å². The Morgan fingerprint density at radius 2 is 1.67 bits per heavy atom.